The summed E-state index contributed by atoms with van der Waals surface area (Å²) in [7, 11) is 0. The first kappa shape index (κ1) is 13.1. The van der Waals surface area contributed by atoms with Gasteiger partial charge in [0.1, 0.15) is 11.5 Å². The highest BCUT2D eigenvalue weighted by molar-refractivity contribution is 6.05. The molecule has 1 aliphatic rings. The van der Waals surface area contributed by atoms with E-state index in [1.165, 1.54) is 0 Å². The third-order valence-corrected chi connectivity index (χ3v) is 3.15. The van der Waals surface area contributed by atoms with Crippen LogP contribution in [0.15, 0.2) is 42.4 Å². The Morgan fingerprint density at radius 2 is 2.00 bits per heavy atom. The van der Waals surface area contributed by atoms with Crippen LogP contribution in [0.5, 0.6) is 0 Å². The number of hydrogen-bond acceptors (Lipinski definition) is 3. The van der Waals surface area contributed by atoms with Crippen LogP contribution < -0.4 is 10.6 Å². The van der Waals surface area contributed by atoms with E-state index in [9.17, 15) is 9.59 Å². The van der Waals surface area contributed by atoms with Crippen molar-refractivity contribution in [2.24, 2.45) is 0 Å². The smallest absolute Gasteiger partial charge is 0.268 e. The second-order valence-corrected chi connectivity index (χ2v) is 4.74. The molecule has 0 atom stereocenters. The Balaban J connectivity index is 1.74. The van der Waals surface area contributed by atoms with E-state index >= 15 is 0 Å². The van der Waals surface area contributed by atoms with Crippen molar-refractivity contribution in [3.05, 3.63) is 59.3 Å². The topological polar surface area (TPSA) is 86.9 Å². The van der Waals surface area contributed by atoms with E-state index < -0.39 is 0 Å². The normalized spacial score (nSPS) is 16.7. The molecule has 0 saturated carbocycles. The summed E-state index contributed by atoms with van der Waals surface area (Å²) in [6.45, 7) is 0.0260. The molecule has 106 valence electrons. The molecule has 0 bridgehead atoms. The van der Waals surface area contributed by atoms with E-state index in [4.69, 9.17) is 0 Å². The van der Waals surface area contributed by atoms with Crippen LogP contribution in [0.25, 0.3) is 6.08 Å². The van der Waals surface area contributed by atoms with Gasteiger partial charge in [0.15, 0.2) is 0 Å². The fraction of sp³-hybridized carbons (Fsp3) is 0.133. The van der Waals surface area contributed by atoms with Gasteiger partial charge in [-0.2, -0.15) is 0 Å². The van der Waals surface area contributed by atoms with Crippen LogP contribution in [0.2, 0.25) is 0 Å². The molecule has 21 heavy (non-hydrogen) atoms. The number of carbonyl (C=O) groups is 2. The highest BCUT2D eigenvalue weighted by atomic mass is 16.2. The molecule has 1 aliphatic heterocycles. The molecule has 0 radical (unpaired) electrons. The lowest BCUT2D eigenvalue weighted by molar-refractivity contribution is -0.127. The van der Waals surface area contributed by atoms with Gasteiger partial charge in [0, 0.05) is 18.8 Å². The minimum atomic E-state index is -0.269. The van der Waals surface area contributed by atoms with Gasteiger partial charge in [0.25, 0.3) is 5.91 Å². The van der Waals surface area contributed by atoms with Crippen molar-refractivity contribution in [1.29, 1.82) is 0 Å². The van der Waals surface area contributed by atoms with Crippen LogP contribution in [0.3, 0.4) is 0 Å². The second-order valence-electron chi connectivity index (χ2n) is 4.74. The Bertz CT molecular complexity index is 687. The third-order valence-electron chi connectivity index (χ3n) is 3.15. The first-order chi connectivity index (χ1) is 10.2. The van der Waals surface area contributed by atoms with Crippen molar-refractivity contribution in [2.75, 3.05) is 6.54 Å². The Morgan fingerprint density at radius 3 is 2.71 bits per heavy atom. The van der Waals surface area contributed by atoms with E-state index in [1.54, 1.807) is 18.5 Å². The summed E-state index contributed by atoms with van der Waals surface area (Å²) in [4.78, 5) is 30.1. The SMILES string of the molecule is O=C1CNC(=O)C(=Cc2ccc(Cc3ncc[nH]3)cc2)N1. The Kier molecular flexibility index (Phi) is 3.51. The molecule has 2 aromatic rings. The molecular weight excluding hydrogens is 268 g/mol. The zero-order chi connectivity index (χ0) is 14.7. The molecular formula is C15H14N4O2. The molecule has 3 N–H and O–H groups in total. The zero-order valence-corrected chi connectivity index (χ0v) is 11.2. The van der Waals surface area contributed by atoms with Crippen molar-refractivity contribution >= 4 is 17.9 Å². The molecule has 0 unspecified atom stereocenters. The number of amides is 2. The van der Waals surface area contributed by atoms with E-state index in [-0.39, 0.29) is 24.1 Å². The summed E-state index contributed by atoms with van der Waals surface area (Å²) in [5.74, 6) is 0.421. The molecule has 0 aliphatic carbocycles. The zero-order valence-electron chi connectivity index (χ0n) is 11.2. The van der Waals surface area contributed by atoms with Crippen LogP contribution in [0, 0.1) is 0 Å². The Hall–Kier alpha value is -2.89. The lowest BCUT2D eigenvalue weighted by atomic mass is 10.1. The molecule has 0 spiro atoms. The molecule has 1 saturated heterocycles. The minimum absolute atomic E-state index is 0.0260. The first-order valence-electron chi connectivity index (χ1n) is 6.57. The number of piperazine rings is 1. The average Bonchev–Trinajstić information content (AvgIpc) is 2.98. The van der Waals surface area contributed by atoms with E-state index in [2.05, 4.69) is 20.6 Å². The predicted molar refractivity (Wildman–Crippen MR) is 77.0 cm³/mol. The van der Waals surface area contributed by atoms with Crippen LogP contribution >= 0.6 is 0 Å². The maximum atomic E-state index is 11.6. The van der Waals surface area contributed by atoms with Gasteiger partial charge in [-0.05, 0) is 17.2 Å². The van der Waals surface area contributed by atoms with E-state index in [1.807, 2.05) is 24.3 Å². The monoisotopic (exact) mass is 282 g/mol. The highest BCUT2D eigenvalue weighted by Gasteiger charge is 2.18. The summed E-state index contributed by atoms with van der Waals surface area (Å²) >= 11 is 0. The predicted octanol–water partition coefficient (Wildman–Crippen LogP) is 0.587. The number of nitrogens with one attached hydrogen (secondary N) is 3. The number of rotatable bonds is 3. The molecule has 6 nitrogen and oxygen atoms in total. The largest absolute Gasteiger partial charge is 0.348 e. The molecule has 2 amide bonds. The fourth-order valence-corrected chi connectivity index (χ4v) is 2.09. The minimum Gasteiger partial charge on any atom is -0.348 e. The summed E-state index contributed by atoms with van der Waals surface area (Å²) in [6, 6.07) is 7.74. The fourth-order valence-electron chi connectivity index (χ4n) is 2.09. The summed E-state index contributed by atoms with van der Waals surface area (Å²) in [6.07, 6.45) is 5.89. The molecule has 6 heteroatoms. The van der Waals surface area contributed by atoms with Gasteiger partial charge in [-0.1, -0.05) is 24.3 Å². The highest BCUT2D eigenvalue weighted by Crippen LogP contribution is 2.11. The maximum absolute atomic E-state index is 11.6. The lowest BCUT2D eigenvalue weighted by Crippen LogP contribution is -2.46. The van der Waals surface area contributed by atoms with Crippen LogP contribution in [0.1, 0.15) is 17.0 Å². The van der Waals surface area contributed by atoms with Gasteiger partial charge in [-0.15, -0.1) is 0 Å². The third kappa shape index (κ3) is 3.17. The maximum Gasteiger partial charge on any atom is 0.268 e. The van der Waals surface area contributed by atoms with Gasteiger partial charge in [-0.25, -0.2) is 4.98 Å². The molecule has 2 heterocycles. The molecule has 3 rings (SSSR count). The molecule has 1 aromatic carbocycles. The van der Waals surface area contributed by atoms with Crippen LogP contribution in [-0.4, -0.2) is 28.3 Å². The number of H-pyrrole nitrogens is 1. The van der Waals surface area contributed by atoms with Crippen molar-refractivity contribution in [2.45, 2.75) is 6.42 Å². The quantitative estimate of drug-likeness (QED) is 0.720. The first-order valence-corrected chi connectivity index (χ1v) is 6.57. The average molecular weight is 282 g/mol. The number of nitrogens with zero attached hydrogens (tertiary/aromatic N) is 1. The summed E-state index contributed by atoms with van der Waals surface area (Å²) in [5.41, 5.74) is 2.24. The molecule has 1 aromatic heterocycles. The lowest BCUT2D eigenvalue weighted by Gasteiger charge is -2.15. The van der Waals surface area contributed by atoms with Gasteiger partial charge >= 0.3 is 0 Å². The summed E-state index contributed by atoms with van der Waals surface area (Å²) < 4.78 is 0. The van der Waals surface area contributed by atoms with Crippen molar-refractivity contribution in [3.8, 4) is 0 Å². The van der Waals surface area contributed by atoms with Crippen LogP contribution in [0.4, 0.5) is 0 Å². The summed E-state index contributed by atoms with van der Waals surface area (Å²) in [5, 5.41) is 5.07. The van der Waals surface area contributed by atoms with Crippen molar-refractivity contribution in [3.63, 3.8) is 0 Å². The van der Waals surface area contributed by atoms with Gasteiger partial charge in [0.05, 0.1) is 6.54 Å². The number of aromatic nitrogens is 2. The van der Waals surface area contributed by atoms with Gasteiger partial charge in [-0.3, -0.25) is 9.59 Å². The number of hydrogen-bond donors (Lipinski definition) is 3. The van der Waals surface area contributed by atoms with E-state index in [0.29, 0.717) is 0 Å². The Morgan fingerprint density at radius 1 is 1.19 bits per heavy atom. The molecule has 1 fully saturated rings. The second kappa shape index (κ2) is 5.62. The standard InChI is InChI=1S/C15H14N4O2/c20-14-9-18-15(21)12(19-14)7-10-1-3-11(4-2-10)8-13-16-5-6-17-13/h1-7H,8-9H2,(H,16,17)(H,18,21)(H,19,20). The van der Waals surface area contributed by atoms with Crippen molar-refractivity contribution < 1.29 is 9.59 Å². The van der Waals surface area contributed by atoms with E-state index in [0.717, 1.165) is 23.4 Å². The number of aromatic amines is 1. The van der Waals surface area contributed by atoms with Gasteiger partial charge in [0.2, 0.25) is 5.91 Å². The van der Waals surface area contributed by atoms with Crippen molar-refractivity contribution in [1.82, 2.24) is 20.6 Å². The Labute approximate surface area is 121 Å². The number of carbonyl (C=O) groups excluding carboxylic acids is 2. The van der Waals surface area contributed by atoms with Gasteiger partial charge < -0.3 is 15.6 Å². The number of benzene rings is 1. The van der Waals surface area contributed by atoms with Crippen LogP contribution in [-0.2, 0) is 16.0 Å². The number of imidazole rings is 1.